The highest BCUT2D eigenvalue weighted by Gasteiger charge is 2.25. The summed E-state index contributed by atoms with van der Waals surface area (Å²) in [4.78, 5) is 11.4. The van der Waals surface area contributed by atoms with E-state index in [0.29, 0.717) is 38.4 Å². The SMILES string of the molecule is CS(=O)(=O)N1CCC(CC(=O)CCN)CC1. The average Bonchev–Trinajstić information content (AvgIpc) is 2.17. The molecule has 0 spiro atoms. The Balaban J connectivity index is 2.35. The molecule has 1 rings (SSSR count). The predicted octanol–water partition coefficient (Wildman–Crippen LogP) is -0.0340. The molecule has 0 aromatic carbocycles. The number of carbonyl (C=O) groups is 1. The zero-order chi connectivity index (χ0) is 12.2. The van der Waals surface area contributed by atoms with Gasteiger partial charge in [0, 0.05) is 25.9 Å². The number of sulfonamides is 1. The lowest BCUT2D eigenvalue weighted by Gasteiger charge is -2.29. The fourth-order valence-electron chi connectivity index (χ4n) is 2.03. The highest BCUT2D eigenvalue weighted by molar-refractivity contribution is 7.88. The molecule has 0 bridgehead atoms. The second-order valence-electron chi connectivity index (χ2n) is 4.39. The van der Waals surface area contributed by atoms with Crippen LogP contribution in [0.4, 0.5) is 0 Å². The fraction of sp³-hybridized carbons (Fsp3) is 0.900. The monoisotopic (exact) mass is 248 g/mol. The zero-order valence-corrected chi connectivity index (χ0v) is 10.5. The molecular formula is C10H20N2O3S. The second kappa shape index (κ2) is 5.75. The van der Waals surface area contributed by atoms with Gasteiger partial charge in [0.25, 0.3) is 0 Å². The first-order chi connectivity index (χ1) is 7.43. The Hall–Kier alpha value is -0.460. The number of rotatable bonds is 5. The molecule has 0 aromatic rings. The molecule has 0 aliphatic carbocycles. The van der Waals surface area contributed by atoms with Crippen LogP contribution in [0, 0.1) is 5.92 Å². The van der Waals surface area contributed by atoms with Crippen LogP contribution in [0.15, 0.2) is 0 Å². The summed E-state index contributed by atoms with van der Waals surface area (Å²) in [5, 5.41) is 0. The molecule has 1 aliphatic rings. The van der Waals surface area contributed by atoms with Crippen molar-refractivity contribution in [3.8, 4) is 0 Å². The van der Waals surface area contributed by atoms with E-state index in [2.05, 4.69) is 0 Å². The summed E-state index contributed by atoms with van der Waals surface area (Å²) in [6.07, 6.45) is 3.78. The normalized spacial score (nSPS) is 19.9. The number of hydrogen-bond acceptors (Lipinski definition) is 4. The largest absolute Gasteiger partial charge is 0.330 e. The van der Waals surface area contributed by atoms with Gasteiger partial charge < -0.3 is 5.73 Å². The van der Waals surface area contributed by atoms with Crippen molar-refractivity contribution in [3.05, 3.63) is 0 Å². The van der Waals surface area contributed by atoms with Crippen molar-refractivity contribution < 1.29 is 13.2 Å². The molecule has 1 fully saturated rings. The summed E-state index contributed by atoms with van der Waals surface area (Å²) in [5.74, 6) is 0.525. The van der Waals surface area contributed by atoms with Gasteiger partial charge in [-0.25, -0.2) is 12.7 Å². The van der Waals surface area contributed by atoms with Crippen LogP contribution in [0.3, 0.4) is 0 Å². The van der Waals surface area contributed by atoms with Crippen LogP contribution in [0.2, 0.25) is 0 Å². The Labute approximate surface area is 97.0 Å². The van der Waals surface area contributed by atoms with Crippen molar-refractivity contribution in [2.24, 2.45) is 11.7 Å². The van der Waals surface area contributed by atoms with E-state index in [0.717, 1.165) is 12.8 Å². The van der Waals surface area contributed by atoms with E-state index in [4.69, 9.17) is 5.73 Å². The van der Waals surface area contributed by atoms with Crippen molar-refractivity contribution in [3.63, 3.8) is 0 Å². The van der Waals surface area contributed by atoms with E-state index in [1.165, 1.54) is 10.6 Å². The number of nitrogens with zero attached hydrogens (tertiary/aromatic N) is 1. The number of piperidine rings is 1. The molecule has 16 heavy (non-hydrogen) atoms. The van der Waals surface area contributed by atoms with Crippen molar-refractivity contribution >= 4 is 15.8 Å². The van der Waals surface area contributed by atoms with Crippen molar-refractivity contribution in [1.82, 2.24) is 4.31 Å². The Morgan fingerprint density at radius 1 is 1.38 bits per heavy atom. The molecule has 1 saturated heterocycles. The minimum Gasteiger partial charge on any atom is -0.330 e. The third-order valence-corrected chi connectivity index (χ3v) is 4.29. The standard InChI is InChI=1S/C10H20N2O3S/c1-16(14,15)12-6-3-9(4-7-12)8-10(13)2-5-11/h9H,2-8,11H2,1H3. The van der Waals surface area contributed by atoms with E-state index in [-0.39, 0.29) is 5.78 Å². The summed E-state index contributed by atoms with van der Waals surface area (Å²) < 4.78 is 24.0. The van der Waals surface area contributed by atoms with Gasteiger partial charge in [-0.3, -0.25) is 4.79 Å². The fourth-order valence-corrected chi connectivity index (χ4v) is 2.90. The van der Waals surface area contributed by atoms with E-state index >= 15 is 0 Å². The molecule has 1 aliphatic heterocycles. The molecular weight excluding hydrogens is 228 g/mol. The van der Waals surface area contributed by atoms with Gasteiger partial charge in [-0.05, 0) is 25.3 Å². The van der Waals surface area contributed by atoms with Gasteiger partial charge in [-0.1, -0.05) is 0 Å². The van der Waals surface area contributed by atoms with Gasteiger partial charge in [-0.15, -0.1) is 0 Å². The van der Waals surface area contributed by atoms with Gasteiger partial charge in [0.1, 0.15) is 5.78 Å². The van der Waals surface area contributed by atoms with Crippen LogP contribution in [0.5, 0.6) is 0 Å². The average molecular weight is 248 g/mol. The number of nitrogens with two attached hydrogens (primary N) is 1. The third kappa shape index (κ3) is 4.19. The lowest BCUT2D eigenvalue weighted by Crippen LogP contribution is -2.38. The first-order valence-electron chi connectivity index (χ1n) is 5.60. The van der Waals surface area contributed by atoms with Crippen molar-refractivity contribution in [2.45, 2.75) is 25.7 Å². The van der Waals surface area contributed by atoms with Crippen LogP contribution >= 0.6 is 0 Å². The number of carbonyl (C=O) groups excluding carboxylic acids is 1. The lowest BCUT2D eigenvalue weighted by molar-refractivity contribution is -0.120. The maximum absolute atomic E-state index is 11.4. The van der Waals surface area contributed by atoms with Gasteiger partial charge >= 0.3 is 0 Å². The third-order valence-electron chi connectivity index (χ3n) is 2.98. The minimum absolute atomic E-state index is 0.195. The van der Waals surface area contributed by atoms with Crippen LogP contribution in [-0.2, 0) is 14.8 Å². The lowest BCUT2D eigenvalue weighted by atomic mass is 9.92. The number of hydrogen-bond donors (Lipinski definition) is 1. The molecule has 0 unspecified atom stereocenters. The first-order valence-corrected chi connectivity index (χ1v) is 7.45. The van der Waals surface area contributed by atoms with Crippen molar-refractivity contribution in [2.75, 3.05) is 25.9 Å². The second-order valence-corrected chi connectivity index (χ2v) is 6.37. The zero-order valence-electron chi connectivity index (χ0n) is 9.68. The first kappa shape index (κ1) is 13.6. The van der Waals surface area contributed by atoms with Gasteiger partial charge in [0.2, 0.25) is 10.0 Å². The molecule has 0 amide bonds. The molecule has 0 atom stereocenters. The summed E-state index contributed by atoms with van der Waals surface area (Å²) >= 11 is 0. The maximum atomic E-state index is 11.4. The number of ketones is 1. The van der Waals surface area contributed by atoms with Crippen LogP contribution < -0.4 is 5.73 Å². The van der Waals surface area contributed by atoms with Crippen LogP contribution in [-0.4, -0.2) is 44.4 Å². The Morgan fingerprint density at radius 2 is 1.94 bits per heavy atom. The van der Waals surface area contributed by atoms with E-state index < -0.39 is 10.0 Å². The highest BCUT2D eigenvalue weighted by Crippen LogP contribution is 2.22. The Morgan fingerprint density at radius 3 is 2.38 bits per heavy atom. The van der Waals surface area contributed by atoms with Gasteiger partial charge in [0.15, 0.2) is 0 Å². The van der Waals surface area contributed by atoms with E-state index in [9.17, 15) is 13.2 Å². The summed E-state index contributed by atoms with van der Waals surface area (Å²) in [5.41, 5.74) is 5.31. The minimum atomic E-state index is -3.06. The van der Waals surface area contributed by atoms with Crippen LogP contribution in [0.1, 0.15) is 25.7 Å². The predicted molar refractivity (Wildman–Crippen MR) is 62.4 cm³/mol. The quantitative estimate of drug-likeness (QED) is 0.740. The molecule has 2 N–H and O–H groups in total. The molecule has 1 heterocycles. The highest BCUT2D eigenvalue weighted by atomic mass is 32.2. The molecule has 0 radical (unpaired) electrons. The Bertz CT molecular complexity index is 332. The topological polar surface area (TPSA) is 80.5 Å². The molecule has 6 heteroatoms. The van der Waals surface area contributed by atoms with E-state index in [1.54, 1.807) is 0 Å². The van der Waals surface area contributed by atoms with Gasteiger partial charge in [0.05, 0.1) is 6.26 Å². The molecule has 5 nitrogen and oxygen atoms in total. The summed E-state index contributed by atoms with van der Waals surface area (Å²) in [6, 6.07) is 0. The summed E-state index contributed by atoms with van der Waals surface area (Å²) in [7, 11) is -3.06. The number of Topliss-reactive ketones (excluding diaryl/α,β-unsaturated/α-hetero) is 1. The van der Waals surface area contributed by atoms with Crippen LogP contribution in [0.25, 0.3) is 0 Å². The maximum Gasteiger partial charge on any atom is 0.211 e. The summed E-state index contributed by atoms with van der Waals surface area (Å²) in [6.45, 7) is 1.49. The van der Waals surface area contributed by atoms with Crippen molar-refractivity contribution in [1.29, 1.82) is 0 Å². The molecule has 0 saturated carbocycles. The molecule has 94 valence electrons. The smallest absolute Gasteiger partial charge is 0.211 e. The molecule has 0 aromatic heterocycles. The van der Waals surface area contributed by atoms with Gasteiger partial charge in [-0.2, -0.15) is 0 Å². The van der Waals surface area contributed by atoms with E-state index in [1.807, 2.05) is 0 Å². The Kier molecular flexibility index (Phi) is 4.89.